The number of hydrogen-bond acceptors (Lipinski definition) is 5. The Hall–Kier alpha value is -2.97. The lowest BCUT2D eigenvalue weighted by molar-refractivity contribution is -0.116. The predicted octanol–water partition coefficient (Wildman–Crippen LogP) is 3.63. The van der Waals surface area contributed by atoms with Gasteiger partial charge in [0.1, 0.15) is 17.7 Å². The Kier molecular flexibility index (Phi) is 3.85. The monoisotopic (exact) mass is 413 g/mol. The molecule has 8 nitrogen and oxygen atoms in total. The van der Waals surface area contributed by atoms with Crippen LogP contribution in [0.2, 0.25) is 10.0 Å². The van der Waals surface area contributed by atoms with Crippen molar-refractivity contribution < 1.29 is 4.79 Å². The summed E-state index contributed by atoms with van der Waals surface area (Å²) in [6.45, 7) is 1.90. The highest BCUT2D eigenvalue weighted by Gasteiger charge is 2.34. The van der Waals surface area contributed by atoms with E-state index in [0.717, 1.165) is 16.8 Å². The zero-order valence-electron chi connectivity index (χ0n) is 14.6. The number of rotatable bonds is 2. The first-order chi connectivity index (χ1) is 13.5. The molecule has 0 saturated heterocycles. The first kappa shape index (κ1) is 17.2. The molecule has 4 aromatic rings. The van der Waals surface area contributed by atoms with Crippen LogP contribution < -0.4 is 5.32 Å². The van der Waals surface area contributed by atoms with Crippen LogP contribution in [0.15, 0.2) is 30.9 Å². The summed E-state index contributed by atoms with van der Waals surface area (Å²) in [6, 6.07) is 5.31. The quantitative estimate of drug-likeness (QED) is 0.522. The maximum atomic E-state index is 12.5. The summed E-state index contributed by atoms with van der Waals surface area (Å²) in [4.78, 5) is 28.2. The number of fused-ring (bicyclic) bond motifs is 2. The Morgan fingerprint density at radius 3 is 2.89 bits per heavy atom. The van der Waals surface area contributed by atoms with E-state index in [1.165, 1.54) is 6.33 Å². The number of carbonyl (C=O) groups excluding carboxylic acids is 1. The Bertz CT molecular complexity index is 1250. The second kappa shape index (κ2) is 6.29. The molecule has 28 heavy (non-hydrogen) atoms. The molecule has 1 aliphatic rings. The first-order valence-electron chi connectivity index (χ1n) is 8.51. The highest BCUT2D eigenvalue weighted by atomic mass is 35.5. The Morgan fingerprint density at radius 1 is 1.21 bits per heavy atom. The van der Waals surface area contributed by atoms with Crippen LogP contribution in [0.5, 0.6) is 0 Å². The largest absolute Gasteiger partial charge is 0.340 e. The van der Waals surface area contributed by atoms with Crippen molar-refractivity contribution in [2.75, 3.05) is 5.32 Å². The van der Waals surface area contributed by atoms with E-state index < -0.39 is 0 Å². The standard InChI is InChI=1S/C18H13Cl2N7O/c1-8-14-11(10-3-2-9(19)4-12(10)20)5-13(28)25-17(14)27(26-8)18-15-16(22-6-21-15)23-7-24-18/h2-4,6-7,11H,5H2,1H3,(H,25,28)(H,21,22,23,24)/t11-/m0/s1. The summed E-state index contributed by atoms with van der Waals surface area (Å²) >= 11 is 12.5. The molecule has 3 aromatic heterocycles. The fraction of sp³-hybridized carbons (Fsp3) is 0.167. The maximum absolute atomic E-state index is 12.5. The number of nitrogens with zero attached hydrogens (tertiary/aromatic N) is 5. The van der Waals surface area contributed by atoms with Gasteiger partial charge in [0, 0.05) is 27.9 Å². The summed E-state index contributed by atoms with van der Waals surface area (Å²) in [6.07, 6.45) is 3.23. The number of imidazole rings is 1. The van der Waals surface area contributed by atoms with Crippen LogP contribution in [0.3, 0.4) is 0 Å². The Balaban J connectivity index is 1.73. The number of anilines is 1. The van der Waals surface area contributed by atoms with Gasteiger partial charge in [-0.2, -0.15) is 9.78 Å². The van der Waals surface area contributed by atoms with Crippen molar-refractivity contribution in [3.05, 3.63) is 57.7 Å². The molecule has 5 rings (SSSR count). The second-order valence-electron chi connectivity index (χ2n) is 6.53. The summed E-state index contributed by atoms with van der Waals surface area (Å²) in [5, 5.41) is 8.64. The third-order valence-electron chi connectivity index (χ3n) is 4.84. The highest BCUT2D eigenvalue weighted by Crippen LogP contribution is 2.42. The van der Waals surface area contributed by atoms with Gasteiger partial charge in [0.25, 0.3) is 0 Å². The fourth-order valence-electron chi connectivity index (χ4n) is 3.66. The summed E-state index contributed by atoms with van der Waals surface area (Å²) in [5.74, 6) is 0.718. The van der Waals surface area contributed by atoms with Gasteiger partial charge in [-0.1, -0.05) is 29.3 Å². The highest BCUT2D eigenvalue weighted by molar-refractivity contribution is 6.35. The number of benzene rings is 1. The van der Waals surface area contributed by atoms with Crippen molar-refractivity contribution in [3.63, 3.8) is 0 Å². The SMILES string of the molecule is Cc1nn(-c2ncnc3nc[nH]c23)c2c1[C@H](c1ccc(Cl)cc1Cl)CC(=O)N2. The molecule has 0 radical (unpaired) electrons. The first-order valence-corrected chi connectivity index (χ1v) is 9.27. The number of nitrogens with one attached hydrogen (secondary N) is 2. The van der Waals surface area contributed by atoms with E-state index >= 15 is 0 Å². The minimum Gasteiger partial charge on any atom is -0.340 e. The van der Waals surface area contributed by atoms with Gasteiger partial charge in [-0.3, -0.25) is 4.79 Å². The summed E-state index contributed by atoms with van der Waals surface area (Å²) in [5.41, 5.74) is 3.66. The number of aryl methyl sites for hydroxylation is 1. The molecule has 0 bridgehead atoms. The lowest BCUT2D eigenvalue weighted by atomic mass is 9.86. The number of hydrogen-bond donors (Lipinski definition) is 2. The minimum atomic E-state index is -0.235. The number of amides is 1. The minimum absolute atomic E-state index is 0.125. The topological polar surface area (TPSA) is 101 Å². The van der Waals surface area contributed by atoms with Crippen molar-refractivity contribution in [1.29, 1.82) is 0 Å². The van der Waals surface area contributed by atoms with Gasteiger partial charge >= 0.3 is 0 Å². The van der Waals surface area contributed by atoms with Crippen molar-refractivity contribution in [2.24, 2.45) is 0 Å². The van der Waals surface area contributed by atoms with Gasteiger partial charge in [0.05, 0.1) is 12.0 Å². The van der Waals surface area contributed by atoms with Crippen LogP contribution in [0, 0.1) is 6.92 Å². The average Bonchev–Trinajstić information content (AvgIpc) is 3.26. The molecule has 140 valence electrons. The Morgan fingerprint density at radius 2 is 2.07 bits per heavy atom. The van der Waals surface area contributed by atoms with E-state index in [1.54, 1.807) is 23.1 Å². The van der Waals surface area contributed by atoms with E-state index in [2.05, 4.69) is 30.4 Å². The third-order valence-corrected chi connectivity index (χ3v) is 5.41. The van der Waals surface area contributed by atoms with Crippen molar-refractivity contribution in [1.82, 2.24) is 29.7 Å². The number of H-pyrrole nitrogens is 1. The number of carbonyl (C=O) groups is 1. The van der Waals surface area contributed by atoms with Crippen LogP contribution in [-0.4, -0.2) is 35.6 Å². The van der Waals surface area contributed by atoms with Gasteiger partial charge in [-0.25, -0.2) is 15.0 Å². The molecule has 0 unspecified atom stereocenters. The molecule has 10 heteroatoms. The molecular weight excluding hydrogens is 401 g/mol. The van der Waals surface area contributed by atoms with Crippen LogP contribution in [0.1, 0.15) is 29.2 Å². The molecule has 1 aromatic carbocycles. The van der Waals surface area contributed by atoms with Gasteiger partial charge in [0.15, 0.2) is 11.5 Å². The van der Waals surface area contributed by atoms with Crippen molar-refractivity contribution >= 4 is 46.1 Å². The predicted molar refractivity (Wildman–Crippen MR) is 105 cm³/mol. The second-order valence-corrected chi connectivity index (χ2v) is 7.37. The lowest BCUT2D eigenvalue weighted by Crippen LogP contribution is -2.25. The molecule has 0 aliphatic carbocycles. The van der Waals surface area contributed by atoms with Gasteiger partial charge in [0.2, 0.25) is 5.91 Å². The molecule has 1 aliphatic heterocycles. The van der Waals surface area contributed by atoms with E-state index in [9.17, 15) is 4.79 Å². The van der Waals surface area contributed by atoms with Crippen LogP contribution in [0.25, 0.3) is 17.0 Å². The smallest absolute Gasteiger partial charge is 0.226 e. The van der Waals surface area contributed by atoms with E-state index in [4.69, 9.17) is 23.2 Å². The summed E-state index contributed by atoms with van der Waals surface area (Å²) in [7, 11) is 0. The molecule has 0 saturated carbocycles. The fourth-order valence-corrected chi connectivity index (χ4v) is 4.20. The molecule has 0 spiro atoms. The van der Waals surface area contributed by atoms with E-state index in [-0.39, 0.29) is 18.2 Å². The molecule has 4 heterocycles. The van der Waals surface area contributed by atoms with Gasteiger partial charge in [-0.05, 0) is 24.6 Å². The van der Waals surface area contributed by atoms with Crippen LogP contribution >= 0.6 is 23.2 Å². The lowest BCUT2D eigenvalue weighted by Gasteiger charge is -2.25. The molecule has 2 N–H and O–H groups in total. The average molecular weight is 414 g/mol. The zero-order chi connectivity index (χ0) is 19.4. The van der Waals surface area contributed by atoms with Crippen molar-refractivity contribution in [3.8, 4) is 5.82 Å². The zero-order valence-corrected chi connectivity index (χ0v) is 16.1. The normalized spacial score (nSPS) is 16.2. The Labute approximate surface area is 168 Å². The van der Waals surface area contributed by atoms with Crippen molar-refractivity contribution in [2.45, 2.75) is 19.3 Å². The van der Waals surface area contributed by atoms with Gasteiger partial charge < -0.3 is 10.3 Å². The molecule has 0 fully saturated rings. The number of aromatic amines is 1. The molecular formula is C18H13Cl2N7O. The maximum Gasteiger partial charge on any atom is 0.226 e. The number of halogens is 2. The number of aromatic nitrogens is 6. The molecule has 1 atom stereocenters. The van der Waals surface area contributed by atoms with Gasteiger partial charge in [-0.15, -0.1) is 0 Å². The summed E-state index contributed by atoms with van der Waals surface area (Å²) < 4.78 is 1.61. The van der Waals surface area contributed by atoms with E-state index in [0.29, 0.717) is 32.8 Å². The third kappa shape index (κ3) is 2.56. The van der Waals surface area contributed by atoms with E-state index in [1.807, 2.05) is 13.0 Å². The van der Waals surface area contributed by atoms with Crippen LogP contribution in [-0.2, 0) is 4.79 Å². The molecule has 1 amide bonds. The van der Waals surface area contributed by atoms with Crippen LogP contribution in [0.4, 0.5) is 5.82 Å².